The zero-order valence-electron chi connectivity index (χ0n) is 10.7. The largest absolute Gasteiger partial charge is 0.478 e. The fraction of sp³-hybridized carbons (Fsp3) is 0.500. The number of aliphatic carboxylic acids is 1. The number of rotatable bonds is 3. The minimum Gasteiger partial charge on any atom is -0.478 e. The summed E-state index contributed by atoms with van der Waals surface area (Å²) in [7, 11) is 0. The molecule has 6 nitrogen and oxygen atoms in total. The van der Waals surface area contributed by atoms with Gasteiger partial charge in [0.25, 0.3) is 5.91 Å². The van der Waals surface area contributed by atoms with Crippen LogP contribution in [0.25, 0.3) is 0 Å². The molecule has 0 saturated carbocycles. The van der Waals surface area contributed by atoms with Crippen molar-refractivity contribution in [2.24, 2.45) is 16.0 Å². The second kappa shape index (κ2) is 5.56. The summed E-state index contributed by atoms with van der Waals surface area (Å²) in [5, 5.41) is 14.0. The quantitative estimate of drug-likeness (QED) is 0.852. The minimum absolute atomic E-state index is 0.183. The van der Waals surface area contributed by atoms with Crippen LogP contribution >= 0.6 is 11.8 Å². The summed E-state index contributed by atoms with van der Waals surface area (Å²) < 4.78 is 0. The lowest BCUT2D eigenvalue weighted by Gasteiger charge is -2.00. The molecule has 1 aliphatic heterocycles. The average molecular weight is 280 g/mol. The molecule has 0 fully saturated rings. The monoisotopic (exact) mass is 280 g/mol. The Balaban J connectivity index is 2.11. The highest BCUT2D eigenvalue weighted by Gasteiger charge is 2.27. The van der Waals surface area contributed by atoms with Gasteiger partial charge in [0, 0.05) is 17.1 Å². The third-order valence-corrected chi connectivity index (χ3v) is 3.97. The van der Waals surface area contributed by atoms with Gasteiger partial charge >= 0.3 is 5.97 Å². The van der Waals surface area contributed by atoms with Crippen LogP contribution in [0.2, 0.25) is 0 Å². The third kappa shape index (κ3) is 3.04. The Morgan fingerprint density at radius 2 is 2.00 bits per heavy atom. The van der Waals surface area contributed by atoms with Crippen LogP contribution in [0.15, 0.2) is 21.2 Å². The van der Waals surface area contributed by atoms with E-state index in [9.17, 15) is 9.59 Å². The first-order valence-electron chi connectivity index (χ1n) is 6.04. The lowest BCUT2D eigenvalue weighted by Crippen LogP contribution is -2.09. The SMILES string of the molecule is CC(C)C1=N[N]C(=NC(=O)C2=C(C(=O)O)CCC2)S1. The van der Waals surface area contributed by atoms with Crippen molar-refractivity contribution in [2.75, 3.05) is 0 Å². The predicted octanol–water partition coefficient (Wildman–Crippen LogP) is 1.75. The molecule has 0 atom stereocenters. The van der Waals surface area contributed by atoms with Crippen LogP contribution in [0, 0.1) is 5.92 Å². The predicted molar refractivity (Wildman–Crippen MR) is 73.0 cm³/mol. The molecule has 101 valence electrons. The molecule has 1 amide bonds. The smallest absolute Gasteiger partial charge is 0.332 e. The van der Waals surface area contributed by atoms with Gasteiger partial charge in [-0.15, -0.1) is 10.5 Å². The van der Waals surface area contributed by atoms with Gasteiger partial charge in [-0.25, -0.2) is 4.79 Å². The van der Waals surface area contributed by atoms with E-state index in [1.165, 1.54) is 11.8 Å². The van der Waals surface area contributed by atoms with Crippen molar-refractivity contribution >= 4 is 33.8 Å². The van der Waals surface area contributed by atoms with Crippen molar-refractivity contribution in [3.8, 4) is 0 Å². The molecule has 2 aliphatic rings. The van der Waals surface area contributed by atoms with E-state index in [1.807, 2.05) is 13.8 Å². The molecule has 0 aromatic heterocycles. The van der Waals surface area contributed by atoms with E-state index < -0.39 is 11.9 Å². The number of carbonyl (C=O) groups is 2. The second-order valence-corrected chi connectivity index (χ2v) is 5.60. The topological polar surface area (TPSA) is 93.2 Å². The number of nitrogens with zero attached hydrogens (tertiary/aromatic N) is 3. The van der Waals surface area contributed by atoms with Gasteiger partial charge in [0.1, 0.15) is 5.04 Å². The molecular formula is C12H14N3O3S. The standard InChI is InChI=1S/C12H14N3O3S/c1-6(2)10-14-15-12(19-10)13-9(16)7-4-3-5-8(7)11(17)18/h6H,3-5H2,1-2H3,(H,17,18). The molecule has 0 saturated heterocycles. The molecule has 1 heterocycles. The van der Waals surface area contributed by atoms with Crippen LogP contribution < -0.4 is 5.43 Å². The summed E-state index contributed by atoms with van der Waals surface area (Å²) in [4.78, 5) is 26.8. The van der Waals surface area contributed by atoms with Gasteiger partial charge in [-0.1, -0.05) is 13.8 Å². The zero-order chi connectivity index (χ0) is 14.0. The van der Waals surface area contributed by atoms with Crippen molar-refractivity contribution < 1.29 is 14.7 Å². The molecule has 0 aromatic rings. The summed E-state index contributed by atoms with van der Waals surface area (Å²) >= 11 is 1.26. The molecule has 2 rings (SSSR count). The zero-order valence-corrected chi connectivity index (χ0v) is 11.5. The number of aliphatic imine (C=N–C) groups is 1. The molecule has 19 heavy (non-hydrogen) atoms. The number of amides is 1. The van der Waals surface area contributed by atoms with Gasteiger partial charge in [0.05, 0.1) is 0 Å². The van der Waals surface area contributed by atoms with Gasteiger partial charge in [-0.2, -0.15) is 4.99 Å². The Hall–Kier alpha value is -1.63. The van der Waals surface area contributed by atoms with E-state index in [1.54, 1.807) is 0 Å². The molecular weight excluding hydrogens is 266 g/mol. The fourth-order valence-electron chi connectivity index (χ4n) is 1.88. The third-order valence-electron chi connectivity index (χ3n) is 2.86. The highest BCUT2D eigenvalue weighted by molar-refractivity contribution is 8.26. The molecule has 0 bridgehead atoms. The van der Waals surface area contributed by atoms with Crippen LogP contribution in [-0.4, -0.2) is 27.2 Å². The molecule has 1 aliphatic carbocycles. The van der Waals surface area contributed by atoms with Gasteiger partial charge < -0.3 is 5.11 Å². The Labute approximate surface area is 115 Å². The Bertz CT molecular complexity index is 520. The van der Waals surface area contributed by atoms with Crippen molar-refractivity contribution in [1.82, 2.24) is 5.43 Å². The lowest BCUT2D eigenvalue weighted by atomic mass is 10.1. The van der Waals surface area contributed by atoms with Crippen LogP contribution in [0.4, 0.5) is 0 Å². The van der Waals surface area contributed by atoms with Gasteiger partial charge in [0.2, 0.25) is 5.17 Å². The molecule has 1 radical (unpaired) electrons. The molecule has 0 spiro atoms. The van der Waals surface area contributed by atoms with E-state index >= 15 is 0 Å². The van der Waals surface area contributed by atoms with Crippen molar-refractivity contribution in [3.05, 3.63) is 11.1 Å². The molecule has 0 unspecified atom stereocenters. The number of hydrogen-bond acceptors (Lipinski definition) is 4. The summed E-state index contributed by atoms with van der Waals surface area (Å²) in [6.07, 6.45) is 1.59. The Morgan fingerprint density at radius 1 is 1.32 bits per heavy atom. The Kier molecular flexibility index (Phi) is 4.04. The second-order valence-electron chi connectivity index (χ2n) is 4.61. The van der Waals surface area contributed by atoms with E-state index in [0.29, 0.717) is 24.8 Å². The number of carboxylic acids is 1. The maximum Gasteiger partial charge on any atom is 0.332 e. The highest BCUT2D eigenvalue weighted by Crippen LogP contribution is 2.28. The van der Waals surface area contributed by atoms with Gasteiger partial charge in [-0.05, 0) is 31.0 Å². The van der Waals surface area contributed by atoms with Crippen LogP contribution in [0.3, 0.4) is 0 Å². The maximum absolute atomic E-state index is 12.0. The highest BCUT2D eigenvalue weighted by atomic mass is 32.2. The molecule has 0 aromatic carbocycles. The minimum atomic E-state index is -1.03. The number of thioether (sulfide) groups is 1. The summed E-state index contributed by atoms with van der Waals surface area (Å²) in [5.74, 6) is -1.30. The van der Waals surface area contributed by atoms with Crippen molar-refractivity contribution in [2.45, 2.75) is 33.1 Å². The van der Waals surface area contributed by atoms with E-state index in [-0.39, 0.29) is 16.7 Å². The first kappa shape index (κ1) is 13.8. The molecule has 1 N–H and O–H groups in total. The normalized spacial score (nSPS) is 21.0. The van der Waals surface area contributed by atoms with E-state index in [0.717, 1.165) is 5.04 Å². The lowest BCUT2D eigenvalue weighted by molar-refractivity contribution is -0.133. The van der Waals surface area contributed by atoms with Gasteiger partial charge in [0.15, 0.2) is 0 Å². The van der Waals surface area contributed by atoms with Crippen LogP contribution in [0.5, 0.6) is 0 Å². The summed E-state index contributed by atoms with van der Waals surface area (Å²) in [6, 6.07) is 0. The first-order valence-corrected chi connectivity index (χ1v) is 6.85. The van der Waals surface area contributed by atoms with Crippen LogP contribution in [0.1, 0.15) is 33.1 Å². The first-order chi connectivity index (χ1) is 8.99. The Morgan fingerprint density at radius 3 is 2.58 bits per heavy atom. The van der Waals surface area contributed by atoms with Crippen molar-refractivity contribution in [3.63, 3.8) is 0 Å². The summed E-state index contributed by atoms with van der Waals surface area (Å²) in [5.41, 5.74) is 4.31. The summed E-state index contributed by atoms with van der Waals surface area (Å²) in [6.45, 7) is 3.96. The molecule has 7 heteroatoms. The van der Waals surface area contributed by atoms with Crippen molar-refractivity contribution in [1.29, 1.82) is 0 Å². The number of carbonyl (C=O) groups excluding carboxylic acids is 1. The number of carboxylic acid groups (broad SMARTS) is 1. The maximum atomic E-state index is 12.0. The van der Waals surface area contributed by atoms with Crippen LogP contribution in [-0.2, 0) is 9.59 Å². The number of hydrogen-bond donors (Lipinski definition) is 1. The van der Waals surface area contributed by atoms with E-state index in [2.05, 4.69) is 15.5 Å². The average Bonchev–Trinajstić information content (AvgIpc) is 2.96. The van der Waals surface area contributed by atoms with Gasteiger partial charge in [-0.3, -0.25) is 4.79 Å². The van der Waals surface area contributed by atoms with E-state index in [4.69, 9.17) is 5.11 Å². The fourth-order valence-corrected chi connectivity index (χ4v) is 2.59. The number of amidine groups is 1.